The molecule has 4 nitrogen and oxygen atoms in total. The molecule has 0 N–H and O–H groups in total. The van der Waals surface area contributed by atoms with Gasteiger partial charge >= 0.3 is 0 Å². The summed E-state index contributed by atoms with van der Waals surface area (Å²) in [5.74, 6) is 0.861. The van der Waals surface area contributed by atoms with Crippen LogP contribution in [0.1, 0.15) is 11.1 Å². The predicted molar refractivity (Wildman–Crippen MR) is 106 cm³/mol. The number of benzene rings is 2. The Balaban J connectivity index is 0.00000225. The molecule has 1 saturated heterocycles. The van der Waals surface area contributed by atoms with Gasteiger partial charge in [0, 0.05) is 37.7 Å². The molecular formula is C19H23Cl2N3O. The summed E-state index contributed by atoms with van der Waals surface area (Å²) in [6.07, 6.45) is 1.91. The quantitative estimate of drug-likeness (QED) is 0.736. The zero-order valence-corrected chi connectivity index (χ0v) is 15.8. The first-order chi connectivity index (χ1) is 11.7. The van der Waals surface area contributed by atoms with Crippen LogP contribution >= 0.6 is 24.0 Å². The van der Waals surface area contributed by atoms with Crippen LogP contribution in [0.2, 0.25) is 5.02 Å². The maximum atomic E-state index is 6.24. The van der Waals surface area contributed by atoms with E-state index >= 15 is 0 Å². The van der Waals surface area contributed by atoms with Crippen LogP contribution in [0.3, 0.4) is 0 Å². The van der Waals surface area contributed by atoms with Gasteiger partial charge in [0.05, 0.1) is 13.3 Å². The number of hydrogen-bond donors (Lipinski definition) is 0. The lowest BCUT2D eigenvalue weighted by Gasteiger charge is -2.33. The van der Waals surface area contributed by atoms with Gasteiger partial charge in [0.15, 0.2) is 0 Å². The number of nitrogens with zero attached hydrogens (tertiary/aromatic N) is 3. The second-order valence-corrected chi connectivity index (χ2v) is 6.25. The topological polar surface area (TPSA) is 28.1 Å². The summed E-state index contributed by atoms with van der Waals surface area (Å²) in [5.41, 5.74) is 2.27. The number of piperazine rings is 1. The van der Waals surface area contributed by atoms with Crippen LogP contribution in [0.25, 0.3) is 0 Å². The number of halogens is 2. The highest BCUT2D eigenvalue weighted by molar-refractivity contribution is 6.31. The van der Waals surface area contributed by atoms with Crippen LogP contribution < -0.4 is 4.74 Å². The molecule has 0 atom stereocenters. The van der Waals surface area contributed by atoms with Crippen molar-refractivity contribution in [3.8, 4) is 5.75 Å². The third kappa shape index (κ3) is 5.63. The smallest absolute Gasteiger partial charge is 0.118 e. The summed E-state index contributed by atoms with van der Waals surface area (Å²) in [4.78, 5) is 2.42. The van der Waals surface area contributed by atoms with Gasteiger partial charge in [-0.1, -0.05) is 29.8 Å². The number of rotatable bonds is 5. The maximum Gasteiger partial charge on any atom is 0.118 e. The summed E-state index contributed by atoms with van der Waals surface area (Å²) in [6.45, 7) is 4.74. The first-order valence-corrected chi connectivity index (χ1v) is 8.51. The van der Waals surface area contributed by atoms with Gasteiger partial charge in [-0.25, -0.2) is 0 Å². The molecule has 3 rings (SSSR count). The molecule has 1 heterocycles. The molecule has 0 spiro atoms. The molecule has 0 saturated carbocycles. The minimum absolute atomic E-state index is 0. The van der Waals surface area contributed by atoms with Gasteiger partial charge in [0.2, 0.25) is 0 Å². The van der Waals surface area contributed by atoms with Gasteiger partial charge in [-0.05, 0) is 41.5 Å². The molecule has 25 heavy (non-hydrogen) atoms. The Hall–Kier alpha value is -1.75. The van der Waals surface area contributed by atoms with Gasteiger partial charge < -0.3 is 4.74 Å². The minimum atomic E-state index is 0. The van der Waals surface area contributed by atoms with Gasteiger partial charge in [0.25, 0.3) is 0 Å². The second kappa shape index (κ2) is 9.66. The molecule has 0 aliphatic carbocycles. The van der Waals surface area contributed by atoms with Crippen molar-refractivity contribution in [3.05, 3.63) is 64.7 Å². The van der Waals surface area contributed by atoms with Gasteiger partial charge in [-0.3, -0.25) is 9.91 Å². The van der Waals surface area contributed by atoms with Crippen molar-refractivity contribution in [2.45, 2.75) is 6.54 Å². The third-order valence-electron chi connectivity index (χ3n) is 4.19. The Morgan fingerprint density at radius 3 is 2.36 bits per heavy atom. The molecule has 2 aromatic carbocycles. The summed E-state index contributed by atoms with van der Waals surface area (Å²) in [7, 11) is 1.67. The Kier molecular flexibility index (Phi) is 7.56. The van der Waals surface area contributed by atoms with Gasteiger partial charge in [-0.15, -0.1) is 12.4 Å². The van der Waals surface area contributed by atoms with Gasteiger partial charge in [-0.2, -0.15) is 5.10 Å². The fraction of sp³-hybridized carbons (Fsp3) is 0.316. The van der Waals surface area contributed by atoms with E-state index in [0.29, 0.717) is 0 Å². The Morgan fingerprint density at radius 2 is 1.72 bits per heavy atom. The zero-order chi connectivity index (χ0) is 16.8. The monoisotopic (exact) mass is 379 g/mol. The van der Waals surface area contributed by atoms with Crippen molar-refractivity contribution >= 4 is 30.2 Å². The van der Waals surface area contributed by atoms with Crippen LogP contribution in [0.5, 0.6) is 5.75 Å². The largest absolute Gasteiger partial charge is 0.497 e. The minimum Gasteiger partial charge on any atom is -0.497 e. The van der Waals surface area contributed by atoms with Crippen molar-refractivity contribution in [2.75, 3.05) is 33.3 Å². The predicted octanol–water partition coefficient (Wildman–Crippen LogP) is 3.92. The molecule has 0 unspecified atom stereocenters. The first kappa shape index (κ1) is 19.6. The van der Waals surface area contributed by atoms with E-state index in [4.69, 9.17) is 16.3 Å². The third-order valence-corrected chi connectivity index (χ3v) is 4.56. The van der Waals surface area contributed by atoms with E-state index in [1.54, 1.807) is 7.11 Å². The number of ether oxygens (including phenoxy) is 1. The molecule has 0 radical (unpaired) electrons. The zero-order valence-electron chi connectivity index (χ0n) is 14.3. The lowest BCUT2D eigenvalue weighted by atomic mass is 10.2. The maximum absolute atomic E-state index is 6.24. The van der Waals surface area contributed by atoms with Crippen LogP contribution in [-0.2, 0) is 6.54 Å². The van der Waals surface area contributed by atoms with Crippen LogP contribution in [0.15, 0.2) is 53.6 Å². The van der Waals surface area contributed by atoms with E-state index < -0.39 is 0 Å². The Morgan fingerprint density at radius 1 is 1.04 bits per heavy atom. The average Bonchev–Trinajstić information content (AvgIpc) is 2.63. The van der Waals surface area contributed by atoms with E-state index in [9.17, 15) is 0 Å². The molecule has 1 aliphatic rings. The molecule has 6 heteroatoms. The van der Waals surface area contributed by atoms with Crippen LogP contribution in [0, 0.1) is 0 Å². The van der Waals surface area contributed by atoms with Crippen molar-refractivity contribution in [3.63, 3.8) is 0 Å². The highest BCUT2D eigenvalue weighted by atomic mass is 35.5. The second-order valence-electron chi connectivity index (χ2n) is 5.84. The summed E-state index contributed by atoms with van der Waals surface area (Å²) in [5, 5.41) is 7.55. The highest BCUT2D eigenvalue weighted by Gasteiger charge is 2.16. The molecular weight excluding hydrogens is 357 g/mol. The standard InChI is InChI=1S/C19H22ClN3O.ClH/c1-24-18-8-6-16(7-9-18)14-21-23-12-10-22(11-13-23)15-17-4-2-3-5-19(17)20;/h2-9,14H,10-13,15H2,1H3;1H/b21-14-;. The van der Waals surface area contributed by atoms with Crippen molar-refractivity contribution in [2.24, 2.45) is 5.10 Å². The lowest BCUT2D eigenvalue weighted by Crippen LogP contribution is -2.43. The van der Waals surface area contributed by atoms with Gasteiger partial charge in [0.1, 0.15) is 5.75 Å². The molecule has 0 aromatic heterocycles. The van der Waals surface area contributed by atoms with E-state index in [0.717, 1.165) is 49.1 Å². The number of hydrazone groups is 1. The van der Waals surface area contributed by atoms with Crippen LogP contribution in [-0.4, -0.2) is 49.4 Å². The normalized spacial score (nSPS) is 15.2. The highest BCUT2D eigenvalue weighted by Crippen LogP contribution is 2.18. The van der Waals surface area contributed by atoms with E-state index in [1.165, 1.54) is 5.56 Å². The van der Waals surface area contributed by atoms with Crippen molar-refractivity contribution < 1.29 is 4.74 Å². The molecule has 1 fully saturated rings. The molecule has 2 aromatic rings. The number of hydrogen-bond acceptors (Lipinski definition) is 4. The summed E-state index contributed by atoms with van der Waals surface area (Å²) in [6, 6.07) is 16.0. The van der Waals surface area contributed by atoms with Crippen molar-refractivity contribution in [1.82, 2.24) is 9.91 Å². The average molecular weight is 380 g/mol. The molecule has 0 amide bonds. The number of methoxy groups -OCH3 is 1. The molecule has 1 aliphatic heterocycles. The molecule has 0 bridgehead atoms. The van der Waals surface area contributed by atoms with Crippen molar-refractivity contribution in [1.29, 1.82) is 0 Å². The van der Waals surface area contributed by atoms with E-state index in [2.05, 4.69) is 21.1 Å². The Bertz CT molecular complexity index is 683. The van der Waals surface area contributed by atoms with E-state index in [1.807, 2.05) is 48.7 Å². The molecule has 134 valence electrons. The SMILES string of the molecule is COc1ccc(/C=N\N2CCN(Cc3ccccc3Cl)CC2)cc1.Cl. The lowest BCUT2D eigenvalue weighted by molar-refractivity contribution is 0.131. The fourth-order valence-electron chi connectivity index (χ4n) is 2.72. The van der Waals surface area contributed by atoms with E-state index in [-0.39, 0.29) is 12.4 Å². The summed E-state index contributed by atoms with van der Waals surface area (Å²) < 4.78 is 5.16. The Labute approximate surface area is 160 Å². The van der Waals surface area contributed by atoms with Crippen LogP contribution in [0.4, 0.5) is 0 Å². The first-order valence-electron chi connectivity index (χ1n) is 8.13. The summed E-state index contributed by atoms with van der Waals surface area (Å²) >= 11 is 6.24. The fourth-order valence-corrected chi connectivity index (χ4v) is 2.91.